The molecule has 1 aromatic rings. The van der Waals surface area contributed by atoms with Crippen LogP contribution in [-0.4, -0.2) is 31.3 Å². The summed E-state index contributed by atoms with van der Waals surface area (Å²) in [6.45, 7) is 7.17. The van der Waals surface area contributed by atoms with Crippen molar-refractivity contribution in [3.05, 3.63) is 39.8 Å². The molecule has 9 nitrogen and oxygen atoms in total. The average molecular weight is 382 g/mol. The number of hydrogen-bond donors (Lipinski definition) is 1. The maximum atomic E-state index is 11.5. The number of ether oxygens (including phenoxy) is 4. The summed E-state index contributed by atoms with van der Waals surface area (Å²) in [5.74, 6) is 0.928. The highest BCUT2D eigenvalue weighted by Crippen LogP contribution is 2.38. The lowest BCUT2D eigenvalue weighted by molar-refractivity contribution is -0.386. The van der Waals surface area contributed by atoms with E-state index in [2.05, 4.69) is 5.32 Å². The number of hydrogen-bond acceptors (Lipinski definition) is 7. The van der Waals surface area contributed by atoms with E-state index in [1.165, 1.54) is 39.5 Å². The van der Waals surface area contributed by atoms with Crippen molar-refractivity contribution < 1.29 is 28.7 Å². The molecule has 150 valence electrons. The summed E-state index contributed by atoms with van der Waals surface area (Å²) in [6.07, 6.45) is 0.651. The number of alkyl carbamates (subject to hydrolysis) is 1. The van der Waals surface area contributed by atoms with Crippen molar-refractivity contribution in [2.75, 3.05) is 14.2 Å². The summed E-state index contributed by atoms with van der Waals surface area (Å²) < 4.78 is 21.5. The topological polar surface area (TPSA) is 109 Å². The standard InChI is InChI=1S/C18H26N2O7/c1-7-11(2)26-12(3)10-25-17-9-15(20(22)23)14(8-16(17)24-6)13(4)27-18(21)19-5/h8-11,13H,7H2,1-6H3,(H,19,21)/b12-10-. The number of nitro groups is 1. The van der Waals surface area contributed by atoms with Crippen molar-refractivity contribution in [1.29, 1.82) is 0 Å². The first-order valence-electron chi connectivity index (χ1n) is 8.48. The number of nitro benzene ring substituents is 1. The Labute approximate surface area is 158 Å². The Morgan fingerprint density at radius 2 is 1.96 bits per heavy atom. The third-order valence-electron chi connectivity index (χ3n) is 3.75. The highest BCUT2D eigenvalue weighted by molar-refractivity contribution is 5.67. The van der Waals surface area contributed by atoms with Crippen LogP contribution < -0.4 is 14.8 Å². The van der Waals surface area contributed by atoms with Crippen LogP contribution >= 0.6 is 0 Å². The minimum Gasteiger partial charge on any atom is -0.493 e. The number of nitrogens with one attached hydrogen (secondary N) is 1. The van der Waals surface area contributed by atoms with Gasteiger partial charge in [-0.15, -0.1) is 0 Å². The Hall–Kier alpha value is -2.97. The lowest BCUT2D eigenvalue weighted by Crippen LogP contribution is -2.21. The Morgan fingerprint density at radius 1 is 1.30 bits per heavy atom. The summed E-state index contributed by atoms with van der Waals surface area (Å²) in [5, 5.41) is 13.8. The van der Waals surface area contributed by atoms with E-state index in [0.29, 0.717) is 5.76 Å². The molecule has 1 aromatic carbocycles. The van der Waals surface area contributed by atoms with Crippen LogP contribution in [0.2, 0.25) is 0 Å². The van der Waals surface area contributed by atoms with E-state index in [1.54, 1.807) is 6.92 Å². The molecule has 1 amide bonds. The second-order valence-corrected chi connectivity index (χ2v) is 5.80. The summed E-state index contributed by atoms with van der Waals surface area (Å²) in [6, 6.07) is 2.64. The van der Waals surface area contributed by atoms with Gasteiger partial charge in [-0.2, -0.15) is 0 Å². The Balaban J connectivity index is 3.20. The van der Waals surface area contributed by atoms with Crippen LogP contribution in [0.3, 0.4) is 0 Å². The second-order valence-electron chi connectivity index (χ2n) is 5.80. The van der Waals surface area contributed by atoms with Gasteiger partial charge < -0.3 is 24.3 Å². The van der Waals surface area contributed by atoms with Crippen molar-refractivity contribution in [1.82, 2.24) is 5.32 Å². The molecule has 0 aliphatic heterocycles. The fourth-order valence-corrected chi connectivity index (χ4v) is 2.16. The van der Waals surface area contributed by atoms with Crippen LogP contribution in [0.15, 0.2) is 24.2 Å². The fraction of sp³-hybridized carbons (Fsp3) is 0.500. The number of benzene rings is 1. The number of allylic oxidation sites excluding steroid dienone is 1. The van der Waals surface area contributed by atoms with Crippen molar-refractivity contribution in [2.45, 2.75) is 46.3 Å². The largest absolute Gasteiger partial charge is 0.493 e. The molecule has 0 saturated carbocycles. The molecule has 1 N–H and O–H groups in total. The van der Waals surface area contributed by atoms with Crippen LogP contribution in [-0.2, 0) is 9.47 Å². The molecular formula is C18H26N2O7. The third-order valence-corrected chi connectivity index (χ3v) is 3.75. The van der Waals surface area contributed by atoms with Crippen molar-refractivity contribution >= 4 is 11.8 Å². The molecular weight excluding hydrogens is 356 g/mol. The van der Waals surface area contributed by atoms with Gasteiger partial charge in [0.15, 0.2) is 11.5 Å². The zero-order valence-electron chi connectivity index (χ0n) is 16.4. The number of nitrogens with zero attached hydrogens (tertiary/aromatic N) is 1. The summed E-state index contributed by atoms with van der Waals surface area (Å²) >= 11 is 0. The van der Waals surface area contributed by atoms with E-state index in [9.17, 15) is 14.9 Å². The highest BCUT2D eigenvalue weighted by Gasteiger charge is 2.25. The number of amides is 1. The second kappa shape index (κ2) is 10.2. The van der Waals surface area contributed by atoms with E-state index in [0.717, 1.165) is 6.42 Å². The van der Waals surface area contributed by atoms with Crippen LogP contribution in [0.25, 0.3) is 0 Å². The van der Waals surface area contributed by atoms with E-state index < -0.39 is 17.1 Å². The maximum absolute atomic E-state index is 11.5. The summed E-state index contributed by atoms with van der Waals surface area (Å²) in [4.78, 5) is 22.3. The van der Waals surface area contributed by atoms with Gasteiger partial charge in [-0.3, -0.25) is 10.1 Å². The minimum absolute atomic E-state index is 0.0196. The first-order chi connectivity index (χ1) is 12.7. The number of carbonyl (C=O) groups excluding carboxylic acids is 1. The van der Waals surface area contributed by atoms with E-state index >= 15 is 0 Å². The molecule has 0 bridgehead atoms. The van der Waals surface area contributed by atoms with Gasteiger partial charge in [0, 0.05) is 7.05 Å². The molecule has 0 spiro atoms. The molecule has 0 heterocycles. The number of rotatable bonds is 9. The van der Waals surface area contributed by atoms with Gasteiger partial charge in [0.2, 0.25) is 0 Å². The number of carbonyl (C=O) groups is 1. The molecule has 0 radical (unpaired) electrons. The molecule has 27 heavy (non-hydrogen) atoms. The monoisotopic (exact) mass is 382 g/mol. The SMILES string of the molecule is CCC(C)O/C(C)=C\Oc1cc([N+](=O)[O-])c(C(C)OC(=O)NC)cc1OC. The first kappa shape index (κ1) is 22.1. The number of methoxy groups -OCH3 is 1. The Kier molecular flexibility index (Phi) is 8.37. The van der Waals surface area contributed by atoms with Gasteiger partial charge in [-0.1, -0.05) is 6.92 Å². The predicted molar refractivity (Wildman–Crippen MR) is 98.8 cm³/mol. The predicted octanol–water partition coefficient (Wildman–Crippen LogP) is 4.08. The molecule has 2 atom stereocenters. The van der Waals surface area contributed by atoms with Crippen LogP contribution in [0, 0.1) is 10.1 Å². The van der Waals surface area contributed by atoms with Crippen molar-refractivity contribution in [2.24, 2.45) is 0 Å². The molecule has 9 heteroatoms. The van der Waals surface area contributed by atoms with Gasteiger partial charge in [-0.05, 0) is 33.3 Å². The molecule has 0 aliphatic rings. The fourth-order valence-electron chi connectivity index (χ4n) is 2.16. The van der Waals surface area contributed by atoms with Gasteiger partial charge >= 0.3 is 6.09 Å². The van der Waals surface area contributed by atoms with Crippen molar-refractivity contribution in [3.63, 3.8) is 0 Å². The smallest absolute Gasteiger partial charge is 0.407 e. The average Bonchev–Trinajstić information content (AvgIpc) is 2.64. The Morgan fingerprint density at radius 3 is 2.48 bits per heavy atom. The molecule has 0 aromatic heterocycles. The summed E-state index contributed by atoms with van der Waals surface area (Å²) in [7, 11) is 2.81. The molecule has 0 saturated heterocycles. The zero-order valence-corrected chi connectivity index (χ0v) is 16.4. The van der Waals surface area contributed by atoms with Gasteiger partial charge in [0.25, 0.3) is 5.69 Å². The first-order valence-corrected chi connectivity index (χ1v) is 8.48. The van der Waals surface area contributed by atoms with Gasteiger partial charge in [0.05, 0.1) is 29.8 Å². The van der Waals surface area contributed by atoms with Crippen LogP contribution in [0.5, 0.6) is 11.5 Å². The van der Waals surface area contributed by atoms with Crippen LogP contribution in [0.4, 0.5) is 10.5 Å². The third kappa shape index (κ3) is 6.36. The molecule has 2 unspecified atom stereocenters. The lowest BCUT2D eigenvalue weighted by atomic mass is 10.1. The van der Waals surface area contributed by atoms with Gasteiger partial charge in [-0.25, -0.2) is 4.79 Å². The lowest BCUT2D eigenvalue weighted by Gasteiger charge is -2.16. The van der Waals surface area contributed by atoms with Gasteiger partial charge in [0.1, 0.15) is 18.1 Å². The zero-order chi connectivity index (χ0) is 20.6. The summed E-state index contributed by atoms with van der Waals surface area (Å²) in [5.41, 5.74) is -0.0690. The minimum atomic E-state index is -0.862. The van der Waals surface area contributed by atoms with Crippen LogP contribution in [0.1, 0.15) is 45.8 Å². The van der Waals surface area contributed by atoms with Crippen molar-refractivity contribution in [3.8, 4) is 11.5 Å². The molecule has 0 aliphatic carbocycles. The van der Waals surface area contributed by atoms with E-state index in [4.69, 9.17) is 18.9 Å². The molecule has 0 fully saturated rings. The quantitative estimate of drug-likeness (QED) is 0.389. The van der Waals surface area contributed by atoms with E-state index in [1.807, 2.05) is 13.8 Å². The van der Waals surface area contributed by atoms with E-state index in [-0.39, 0.29) is 28.9 Å². The highest BCUT2D eigenvalue weighted by atomic mass is 16.6. The Bertz CT molecular complexity index is 703. The normalized spacial score (nSPS) is 13.3. The molecule has 1 rings (SSSR count). The maximum Gasteiger partial charge on any atom is 0.407 e.